The van der Waals surface area contributed by atoms with E-state index in [1.165, 1.54) is 0 Å². The van der Waals surface area contributed by atoms with Gasteiger partial charge in [0.2, 0.25) is 0 Å². The maximum Gasteiger partial charge on any atom is 0.419 e. The van der Waals surface area contributed by atoms with E-state index in [0.29, 0.717) is 10.9 Å². The molecule has 1 N–H and O–H groups in total. The number of H-pyrrole nitrogens is 1. The molecule has 0 spiro atoms. The van der Waals surface area contributed by atoms with E-state index < -0.39 is 17.6 Å². The van der Waals surface area contributed by atoms with Crippen LogP contribution in [0.15, 0.2) is 18.3 Å². The smallest absolute Gasteiger partial charge is 0.361 e. The lowest BCUT2D eigenvalue weighted by Gasteiger charge is -2.07. The SMILES string of the molecule is Cc1c[nH]c2cc(C(F)(F)F)c(F)cc12. The van der Waals surface area contributed by atoms with E-state index in [9.17, 15) is 17.6 Å². The van der Waals surface area contributed by atoms with Crippen molar-refractivity contribution in [2.45, 2.75) is 13.1 Å². The predicted molar refractivity (Wildman–Crippen MR) is 48.0 cm³/mol. The monoisotopic (exact) mass is 217 g/mol. The highest BCUT2D eigenvalue weighted by atomic mass is 19.4. The van der Waals surface area contributed by atoms with E-state index in [2.05, 4.69) is 4.98 Å². The molecule has 5 heteroatoms. The summed E-state index contributed by atoms with van der Waals surface area (Å²) < 4.78 is 50.1. The minimum Gasteiger partial charge on any atom is -0.361 e. The Morgan fingerprint density at radius 2 is 1.87 bits per heavy atom. The highest BCUT2D eigenvalue weighted by Crippen LogP contribution is 2.34. The molecule has 1 aromatic heterocycles. The average Bonchev–Trinajstić information content (AvgIpc) is 2.45. The Hall–Kier alpha value is -1.52. The van der Waals surface area contributed by atoms with Crippen LogP contribution in [0.3, 0.4) is 0 Å². The number of hydrogen-bond donors (Lipinski definition) is 1. The second kappa shape index (κ2) is 2.98. The molecule has 0 unspecified atom stereocenters. The van der Waals surface area contributed by atoms with Gasteiger partial charge in [0.05, 0.1) is 5.56 Å². The summed E-state index contributed by atoms with van der Waals surface area (Å²) in [5.41, 5.74) is -0.226. The first-order chi connectivity index (χ1) is 6.89. The van der Waals surface area contributed by atoms with Gasteiger partial charge in [-0.1, -0.05) is 0 Å². The van der Waals surface area contributed by atoms with Gasteiger partial charge in [-0.2, -0.15) is 13.2 Å². The number of nitrogens with one attached hydrogen (secondary N) is 1. The van der Waals surface area contributed by atoms with Crippen LogP contribution in [0.25, 0.3) is 10.9 Å². The molecule has 1 heterocycles. The van der Waals surface area contributed by atoms with E-state index in [0.717, 1.165) is 17.7 Å². The summed E-state index contributed by atoms with van der Waals surface area (Å²) in [5.74, 6) is -1.24. The topological polar surface area (TPSA) is 15.8 Å². The Balaban J connectivity index is 2.74. The van der Waals surface area contributed by atoms with Crippen LogP contribution in [-0.4, -0.2) is 4.98 Å². The van der Waals surface area contributed by atoms with Crippen molar-refractivity contribution in [2.24, 2.45) is 0 Å². The molecule has 0 aliphatic rings. The molecule has 1 aromatic carbocycles. The quantitative estimate of drug-likeness (QED) is 0.648. The molecule has 80 valence electrons. The third kappa shape index (κ3) is 1.58. The average molecular weight is 217 g/mol. The van der Waals surface area contributed by atoms with Crippen molar-refractivity contribution < 1.29 is 17.6 Å². The zero-order valence-corrected chi connectivity index (χ0v) is 7.74. The molecule has 0 aliphatic heterocycles. The summed E-state index contributed by atoms with van der Waals surface area (Å²) in [6.07, 6.45) is -3.11. The zero-order chi connectivity index (χ0) is 11.2. The molecule has 0 radical (unpaired) electrons. The molecule has 15 heavy (non-hydrogen) atoms. The van der Waals surface area contributed by atoms with Gasteiger partial charge < -0.3 is 4.98 Å². The van der Waals surface area contributed by atoms with Gasteiger partial charge in [-0.15, -0.1) is 0 Å². The van der Waals surface area contributed by atoms with Gasteiger partial charge >= 0.3 is 6.18 Å². The first kappa shape index (κ1) is 10.0. The Morgan fingerprint density at radius 3 is 2.47 bits per heavy atom. The Bertz CT molecular complexity index is 510. The van der Waals surface area contributed by atoms with Crippen LogP contribution in [0, 0.1) is 12.7 Å². The molecule has 0 bridgehead atoms. The molecule has 2 aromatic rings. The predicted octanol–water partition coefficient (Wildman–Crippen LogP) is 3.63. The number of fused-ring (bicyclic) bond motifs is 1. The van der Waals surface area contributed by atoms with Gasteiger partial charge in [0.25, 0.3) is 0 Å². The van der Waals surface area contributed by atoms with Crippen LogP contribution >= 0.6 is 0 Å². The third-order valence-corrected chi connectivity index (χ3v) is 2.28. The molecular formula is C10H7F4N. The lowest BCUT2D eigenvalue weighted by Crippen LogP contribution is -2.07. The summed E-state index contributed by atoms with van der Waals surface area (Å²) in [6, 6.07) is 1.70. The Labute approximate surface area is 82.7 Å². The number of aromatic nitrogens is 1. The maximum atomic E-state index is 13.1. The van der Waals surface area contributed by atoms with Crippen molar-refractivity contribution in [1.82, 2.24) is 4.98 Å². The summed E-state index contributed by atoms with van der Waals surface area (Å²) in [5, 5.41) is 0.473. The van der Waals surface area contributed by atoms with Crippen LogP contribution in [0.4, 0.5) is 17.6 Å². The number of halogens is 4. The minimum atomic E-state index is -4.66. The molecule has 0 saturated heterocycles. The van der Waals surface area contributed by atoms with Gasteiger partial charge in [0.1, 0.15) is 5.82 Å². The standard InChI is InChI=1S/C10H7F4N/c1-5-4-15-9-3-7(10(12,13)14)8(11)2-6(5)9/h2-4,15H,1H3. The third-order valence-electron chi connectivity index (χ3n) is 2.28. The fraction of sp³-hybridized carbons (Fsp3) is 0.200. The van der Waals surface area contributed by atoms with E-state index in [4.69, 9.17) is 0 Å². The number of aryl methyl sites for hydroxylation is 1. The van der Waals surface area contributed by atoms with Gasteiger partial charge in [0, 0.05) is 17.1 Å². The number of aromatic amines is 1. The molecule has 0 atom stereocenters. The van der Waals surface area contributed by atoms with Crippen molar-refractivity contribution in [3.63, 3.8) is 0 Å². The molecular weight excluding hydrogens is 210 g/mol. The first-order valence-electron chi connectivity index (χ1n) is 4.24. The number of rotatable bonds is 0. The fourth-order valence-corrected chi connectivity index (χ4v) is 1.50. The highest BCUT2D eigenvalue weighted by Gasteiger charge is 2.34. The summed E-state index contributed by atoms with van der Waals surface area (Å²) in [6.45, 7) is 1.70. The van der Waals surface area contributed by atoms with Crippen LogP contribution < -0.4 is 0 Å². The van der Waals surface area contributed by atoms with Crippen molar-refractivity contribution in [3.8, 4) is 0 Å². The molecule has 0 amide bonds. The number of benzene rings is 1. The fourth-order valence-electron chi connectivity index (χ4n) is 1.50. The summed E-state index contributed by atoms with van der Waals surface area (Å²) in [4.78, 5) is 2.66. The number of alkyl halides is 3. The second-order valence-electron chi connectivity index (χ2n) is 3.35. The lowest BCUT2D eigenvalue weighted by molar-refractivity contribution is -0.139. The zero-order valence-electron chi connectivity index (χ0n) is 7.74. The van der Waals surface area contributed by atoms with Gasteiger partial charge in [0.15, 0.2) is 0 Å². The normalized spacial score (nSPS) is 12.3. The maximum absolute atomic E-state index is 13.1. The van der Waals surface area contributed by atoms with Gasteiger partial charge in [-0.05, 0) is 24.6 Å². The number of hydrogen-bond acceptors (Lipinski definition) is 0. The molecule has 0 aliphatic carbocycles. The van der Waals surface area contributed by atoms with Crippen molar-refractivity contribution in [1.29, 1.82) is 0 Å². The Kier molecular flexibility index (Phi) is 1.99. The van der Waals surface area contributed by atoms with Crippen LogP contribution in [0.1, 0.15) is 11.1 Å². The van der Waals surface area contributed by atoms with E-state index >= 15 is 0 Å². The van der Waals surface area contributed by atoms with E-state index in [-0.39, 0.29) is 0 Å². The summed E-state index contributed by atoms with van der Waals surface area (Å²) in [7, 11) is 0. The lowest BCUT2D eigenvalue weighted by atomic mass is 10.1. The molecule has 2 rings (SSSR count). The first-order valence-corrected chi connectivity index (χ1v) is 4.24. The highest BCUT2D eigenvalue weighted by molar-refractivity contribution is 5.83. The minimum absolute atomic E-state index is 0.293. The molecule has 0 fully saturated rings. The van der Waals surface area contributed by atoms with E-state index in [1.54, 1.807) is 13.1 Å². The van der Waals surface area contributed by atoms with Gasteiger partial charge in [-0.3, -0.25) is 0 Å². The largest absolute Gasteiger partial charge is 0.419 e. The van der Waals surface area contributed by atoms with Crippen molar-refractivity contribution in [3.05, 3.63) is 35.3 Å². The Morgan fingerprint density at radius 1 is 1.20 bits per heavy atom. The summed E-state index contributed by atoms with van der Waals surface area (Å²) >= 11 is 0. The van der Waals surface area contributed by atoms with Crippen LogP contribution in [0.5, 0.6) is 0 Å². The van der Waals surface area contributed by atoms with E-state index in [1.807, 2.05) is 0 Å². The van der Waals surface area contributed by atoms with Crippen LogP contribution in [0.2, 0.25) is 0 Å². The van der Waals surface area contributed by atoms with Crippen molar-refractivity contribution in [2.75, 3.05) is 0 Å². The second-order valence-corrected chi connectivity index (χ2v) is 3.35. The molecule has 0 saturated carbocycles. The molecule has 1 nitrogen and oxygen atoms in total. The van der Waals surface area contributed by atoms with Crippen molar-refractivity contribution >= 4 is 10.9 Å². The van der Waals surface area contributed by atoms with Gasteiger partial charge in [-0.25, -0.2) is 4.39 Å². The van der Waals surface area contributed by atoms with Crippen LogP contribution in [-0.2, 0) is 6.18 Å².